The molecule has 1 N–H and O–H groups in total. The third kappa shape index (κ3) is 3.18. The fraction of sp³-hybridized carbons (Fsp3) is 1.00. The van der Waals surface area contributed by atoms with Gasteiger partial charge in [-0.25, -0.2) is 4.74 Å². The predicted octanol–water partition coefficient (Wildman–Crippen LogP) is 3.65. The van der Waals surface area contributed by atoms with Gasteiger partial charge in [0.2, 0.25) is 0 Å². The van der Waals surface area contributed by atoms with E-state index in [0.29, 0.717) is 0 Å². The van der Waals surface area contributed by atoms with Gasteiger partial charge in [-0.3, -0.25) is 0 Å². The molecule has 0 fully saturated rings. The van der Waals surface area contributed by atoms with Gasteiger partial charge in [0.15, 0.2) is 0 Å². The molecule has 0 radical (unpaired) electrons. The first kappa shape index (κ1) is 21.0. The second kappa shape index (κ2) is 5.28. The third-order valence-electron chi connectivity index (χ3n) is 2.00. The van der Waals surface area contributed by atoms with E-state index in [0.717, 1.165) is 0 Å². The number of rotatable bonds is 6. The lowest BCUT2D eigenvalue weighted by atomic mass is 10.1. The first-order chi connectivity index (χ1) is 9.27. The van der Waals surface area contributed by atoms with Gasteiger partial charge in [-0.15, -0.1) is 0 Å². The van der Waals surface area contributed by atoms with E-state index in [1.807, 2.05) is 0 Å². The van der Waals surface area contributed by atoms with E-state index >= 15 is 0 Å². The van der Waals surface area contributed by atoms with E-state index in [1.54, 1.807) is 0 Å². The molecule has 0 unspecified atom stereocenters. The highest BCUT2D eigenvalue weighted by Gasteiger charge is 2.84. The minimum atomic E-state index is -7.66. The maximum Gasteiger partial charge on any atom is 0.460 e. The normalized spacial score (nSPS) is 16.1. The molecule has 0 aliphatic rings. The van der Waals surface area contributed by atoms with Crippen LogP contribution in [-0.4, -0.2) is 47.9 Å². The molecule has 0 aromatic carbocycles. The zero-order valence-electron chi connectivity index (χ0n) is 9.48. The Bertz CT molecular complexity index is 398. The van der Waals surface area contributed by atoms with Crippen molar-refractivity contribution in [3.63, 3.8) is 0 Å². The Balaban J connectivity index is 5.75. The zero-order valence-corrected chi connectivity index (χ0v) is 9.48. The van der Waals surface area contributed by atoms with E-state index in [-0.39, 0.29) is 0 Å². The van der Waals surface area contributed by atoms with E-state index in [4.69, 9.17) is 5.11 Å². The summed E-state index contributed by atoms with van der Waals surface area (Å²) >= 11 is 0. The number of halogens is 13. The Morgan fingerprint density at radius 1 is 0.591 bits per heavy atom. The number of hydrogen-bond acceptors (Lipinski definition) is 2. The third-order valence-corrected chi connectivity index (χ3v) is 2.00. The molecule has 0 aromatic heterocycles. The summed E-state index contributed by atoms with van der Waals surface area (Å²) in [6.45, 7) is -2.96. The second-order valence-electron chi connectivity index (χ2n) is 3.64. The molecule has 0 heterocycles. The van der Waals surface area contributed by atoms with Crippen LogP contribution >= 0.6 is 0 Å². The van der Waals surface area contributed by atoms with Crippen molar-refractivity contribution in [3.8, 4) is 0 Å². The van der Waals surface area contributed by atoms with Crippen LogP contribution in [0.2, 0.25) is 0 Å². The van der Waals surface area contributed by atoms with Crippen molar-refractivity contribution in [3.05, 3.63) is 0 Å². The van der Waals surface area contributed by atoms with Gasteiger partial charge in [0.25, 0.3) is 0 Å². The Kier molecular flexibility index (Phi) is 5.04. The highest BCUT2D eigenvalue weighted by atomic mass is 19.4. The van der Waals surface area contributed by atoms with Crippen molar-refractivity contribution in [1.82, 2.24) is 0 Å². The largest absolute Gasteiger partial charge is 0.460 e. The smallest absolute Gasteiger partial charge is 0.390 e. The molecule has 0 spiro atoms. The molecule has 0 rings (SSSR count). The fourth-order valence-corrected chi connectivity index (χ4v) is 0.753. The lowest BCUT2D eigenvalue weighted by Gasteiger charge is -2.35. The van der Waals surface area contributed by atoms with Crippen LogP contribution in [0.4, 0.5) is 57.1 Å². The SMILES string of the molecule is OCC(F)(F)C(F)(F)OC(F)(F)C(F)(F)C(F)(F)C(F)(F)F. The molecule has 2 nitrogen and oxygen atoms in total. The second-order valence-corrected chi connectivity index (χ2v) is 3.64. The number of aliphatic hydroxyl groups is 1. The van der Waals surface area contributed by atoms with Crippen molar-refractivity contribution < 1.29 is 66.9 Å². The highest BCUT2D eigenvalue weighted by molar-refractivity contribution is 4.97. The summed E-state index contributed by atoms with van der Waals surface area (Å²) < 4.78 is 160. The lowest BCUT2D eigenvalue weighted by Crippen LogP contribution is -2.64. The van der Waals surface area contributed by atoms with Crippen molar-refractivity contribution in [2.75, 3.05) is 6.61 Å². The van der Waals surface area contributed by atoms with Gasteiger partial charge in [0.05, 0.1) is 0 Å². The highest BCUT2D eigenvalue weighted by Crippen LogP contribution is 2.55. The molecule has 0 amide bonds. The number of alkyl halides is 13. The van der Waals surface area contributed by atoms with Gasteiger partial charge >= 0.3 is 36.2 Å². The summed E-state index contributed by atoms with van der Waals surface area (Å²) in [7, 11) is 0. The van der Waals surface area contributed by atoms with Crippen LogP contribution < -0.4 is 0 Å². The Morgan fingerprint density at radius 3 is 1.23 bits per heavy atom. The molecule has 0 bridgehead atoms. The molecular weight excluding hydrogens is 363 g/mol. The fourth-order valence-electron chi connectivity index (χ4n) is 0.753. The minimum absolute atomic E-state index is 1.52. The average molecular weight is 366 g/mol. The van der Waals surface area contributed by atoms with Crippen molar-refractivity contribution in [2.24, 2.45) is 0 Å². The zero-order chi connectivity index (χ0) is 18.4. The summed E-state index contributed by atoms with van der Waals surface area (Å²) in [6, 6.07) is 0. The van der Waals surface area contributed by atoms with Crippen LogP contribution in [0.1, 0.15) is 0 Å². The van der Waals surface area contributed by atoms with Crippen LogP contribution in [0.3, 0.4) is 0 Å². The van der Waals surface area contributed by atoms with Crippen LogP contribution in [0.5, 0.6) is 0 Å². The molecular formula is C7H3F13O2. The molecule has 15 heteroatoms. The lowest BCUT2D eigenvalue weighted by molar-refractivity contribution is -0.503. The van der Waals surface area contributed by atoms with Gasteiger partial charge in [0.1, 0.15) is 6.61 Å². The van der Waals surface area contributed by atoms with Gasteiger partial charge < -0.3 is 5.11 Å². The number of hydrogen-bond donors (Lipinski definition) is 1. The van der Waals surface area contributed by atoms with Crippen LogP contribution in [-0.2, 0) is 4.74 Å². The maximum absolute atomic E-state index is 12.5. The Morgan fingerprint density at radius 2 is 0.955 bits per heavy atom. The van der Waals surface area contributed by atoms with Crippen LogP contribution in [0.15, 0.2) is 0 Å². The molecule has 0 aliphatic carbocycles. The maximum atomic E-state index is 12.5. The van der Waals surface area contributed by atoms with Crippen LogP contribution in [0.25, 0.3) is 0 Å². The molecule has 134 valence electrons. The molecule has 0 saturated carbocycles. The van der Waals surface area contributed by atoms with Crippen LogP contribution in [0, 0.1) is 0 Å². The first-order valence-corrected chi connectivity index (χ1v) is 4.53. The number of ether oxygens (including phenoxy) is 1. The van der Waals surface area contributed by atoms with Gasteiger partial charge in [0, 0.05) is 0 Å². The Labute approximate surface area is 111 Å². The summed E-state index contributed by atoms with van der Waals surface area (Å²) in [5.41, 5.74) is 0. The van der Waals surface area contributed by atoms with Gasteiger partial charge in [-0.05, 0) is 0 Å². The summed E-state index contributed by atoms with van der Waals surface area (Å²) in [4.78, 5) is 0. The van der Waals surface area contributed by atoms with Gasteiger partial charge in [-0.2, -0.15) is 57.1 Å². The van der Waals surface area contributed by atoms with E-state index < -0.39 is 42.8 Å². The molecule has 0 atom stereocenters. The molecule has 0 aromatic rings. The standard InChI is InChI=1S/C7H3F13O2/c8-2(9,1-21)6(17,18)22-7(19,20)4(12,13)3(10,11)5(14,15)16/h21H,1H2. The van der Waals surface area contributed by atoms with E-state index in [1.165, 1.54) is 4.74 Å². The van der Waals surface area contributed by atoms with Crippen molar-refractivity contribution >= 4 is 0 Å². The first-order valence-electron chi connectivity index (χ1n) is 4.53. The van der Waals surface area contributed by atoms with Gasteiger partial charge in [-0.1, -0.05) is 0 Å². The minimum Gasteiger partial charge on any atom is -0.390 e. The predicted molar refractivity (Wildman–Crippen MR) is 39.0 cm³/mol. The van der Waals surface area contributed by atoms with Crippen molar-refractivity contribution in [1.29, 1.82) is 0 Å². The molecule has 0 aliphatic heterocycles. The monoisotopic (exact) mass is 366 g/mol. The molecule has 22 heavy (non-hydrogen) atoms. The average Bonchev–Trinajstić information content (AvgIpc) is 2.25. The molecule has 0 saturated heterocycles. The van der Waals surface area contributed by atoms with Crippen molar-refractivity contribution in [2.45, 2.75) is 36.2 Å². The Hall–Kier alpha value is -0.990. The van der Waals surface area contributed by atoms with E-state index in [9.17, 15) is 57.1 Å². The summed E-state index contributed by atoms with van der Waals surface area (Å²) in [5, 5.41) is 7.75. The quantitative estimate of drug-likeness (QED) is 0.728. The van der Waals surface area contributed by atoms with E-state index in [2.05, 4.69) is 0 Å². The summed E-state index contributed by atoms with van der Waals surface area (Å²) in [5.74, 6) is -21.2. The summed E-state index contributed by atoms with van der Waals surface area (Å²) in [6.07, 6.45) is -21.4. The number of aliphatic hydroxyl groups excluding tert-OH is 1. The topological polar surface area (TPSA) is 29.5 Å².